The van der Waals surface area contributed by atoms with Crippen LogP contribution in [0.5, 0.6) is 5.75 Å². The number of ether oxygens (including phenoxy) is 1. The molecule has 33 heavy (non-hydrogen) atoms. The van der Waals surface area contributed by atoms with E-state index >= 15 is 0 Å². The molecule has 8 heteroatoms. The summed E-state index contributed by atoms with van der Waals surface area (Å²) < 4.78 is 34.5. The molecule has 2 saturated heterocycles. The Bertz CT molecular complexity index is 1250. The summed E-state index contributed by atoms with van der Waals surface area (Å²) in [7, 11) is 1.59. The zero-order valence-corrected chi connectivity index (χ0v) is 18.5. The van der Waals surface area contributed by atoms with Crippen molar-refractivity contribution in [3.8, 4) is 11.4 Å². The minimum atomic E-state index is -0.883. The molecule has 1 aromatic heterocycles. The number of hydrogen-bond donors (Lipinski definition) is 0. The van der Waals surface area contributed by atoms with Crippen LogP contribution in [-0.2, 0) is 4.79 Å². The number of hydrogen-bond acceptors (Lipinski definition) is 4. The third-order valence-electron chi connectivity index (χ3n) is 6.48. The quantitative estimate of drug-likeness (QED) is 0.537. The van der Waals surface area contributed by atoms with E-state index in [0.717, 1.165) is 36.6 Å². The molecule has 0 bridgehead atoms. The van der Waals surface area contributed by atoms with Gasteiger partial charge < -0.3 is 9.64 Å². The van der Waals surface area contributed by atoms with Crippen molar-refractivity contribution in [3.63, 3.8) is 0 Å². The summed E-state index contributed by atoms with van der Waals surface area (Å²) in [5.41, 5.74) is 2.94. The maximum atomic E-state index is 13.8. The van der Waals surface area contributed by atoms with E-state index in [4.69, 9.17) is 4.74 Å². The second kappa shape index (κ2) is 8.42. The van der Waals surface area contributed by atoms with Crippen LogP contribution in [0.4, 0.5) is 8.78 Å². The van der Waals surface area contributed by atoms with E-state index < -0.39 is 11.6 Å². The molecular formula is C25H24F2N4O2. The number of aromatic nitrogens is 3. The zero-order valence-electron chi connectivity index (χ0n) is 18.5. The smallest absolute Gasteiger partial charge is 0.250 e. The highest BCUT2D eigenvalue weighted by Gasteiger charge is 2.41. The van der Waals surface area contributed by atoms with Gasteiger partial charge >= 0.3 is 0 Å². The summed E-state index contributed by atoms with van der Waals surface area (Å²) in [5.74, 6) is -0.528. The molecule has 0 aliphatic carbocycles. The summed E-state index contributed by atoms with van der Waals surface area (Å²) in [4.78, 5) is 19.4. The number of halogens is 2. The fourth-order valence-electron chi connectivity index (χ4n) is 4.89. The topological polar surface area (TPSA) is 60.2 Å². The van der Waals surface area contributed by atoms with Gasteiger partial charge in [-0.05, 0) is 74.1 Å². The van der Waals surface area contributed by atoms with Crippen LogP contribution in [0, 0.1) is 18.6 Å². The van der Waals surface area contributed by atoms with Crippen molar-refractivity contribution < 1.29 is 18.3 Å². The fourth-order valence-corrected chi connectivity index (χ4v) is 4.89. The van der Waals surface area contributed by atoms with E-state index in [0.29, 0.717) is 29.1 Å². The van der Waals surface area contributed by atoms with Crippen LogP contribution in [0.15, 0.2) is 48.3 Å². The molecule has 3 heterocycles. The van der Waals surface area contributed by atoms with Gasteiger partial charge in [-0.25, -0.2) is 18.4 Å². The van der Waals surface area contributed by atoms with E-state index in [2.05, 4.69) is 10.1 Å². The number of rotatable bonds is 4. The average molecular weight is 450 g/mol. The van der Waals surface area contributed by atoms with E-state index in [1.165, 1.54) is 6.07 Å². The number of nitrogens with zero attached hydrogens (tertiary/aromatic N) is 4. The maximum absolute atomic E-state index is 13.8. The molecule has 0 N–H and O–H groups in total. The van der Waals surface area contributed by atoms with Crippen molar-refractivity contribution in [2.45, 2.75) is 44.7 Å². The molecule has 0 unspecified atom stereocenters. The van der Waals surface area contributed by atoms with Crippen LogP contribution in [0.1, 0.15) is 48.7 Å². The number of benzene rings is 2. The first kappa shape index (κ1) is 21.3. The molecule has 3 aromatic rings. The number of carbonyl (C=O) groups excluding carboxylic acids is 1. The van der Waals surface area contributed by atoms with Gasteiger partial charge in [-0.2, -0.15) is 5.10 Å². The van der Waals surface area contributed by atoms with Crippen LogP contribution in [0.25, 0.3) is 11.8 Å². The van der Waals surface area contributed by atoms with Gasteiger partial charge in [0, 0.05) is 11.6 Å². The van der Waals surface area contributed by atoms with Crippen molar-refractivity contribution in [3.05, 3.63) is 76.9 Å². The fraction of sp³-hybridized carbons (Fsp3) is 0.320. The van der Waals surface area contributed by atoms with E-state index in [1.54, 1.807) is 24.2 Å². The zero-order chi connectivity index (χ0) is 23.1. The number of aryl methyl sites for hydroxylation is 1. The second-order valence-corrected chi connectivity index (χ2v) is 8.51. The minimum Gasteiger partial charge on any atom is -0.494 e. The lowest BCUT2D eigenvalue weighted by Gasteiger charge is -2.35. The number of carbonyl (C=O) groups is 1. The van der Waals surface area contributed by atoms with Crippen LogP contribution in [-0.4, -0.2) is 38.7 Å². The van der Waals surface area contributed by atoms with Crippen molar-refractivity contribution in [2.24, 2.45) is 0 Å². The Kier molecular flexibility index (Phi) is 5.44. The van der Waals surface area contributed by atoms with Gasteiger partial charge in [0.05, 0.1) is 13.2 Å². The summed E-state index contributed by atoms with van der Waals surface area (Å²) in [5, 5.41) is 4.33. The third-order valence-corrected chi connectivity index (χ3v) is 6.48. The molecular weight excluding hydrogens is 426 g/mol. The monoisotopic (exact) mass is 450 g/mol. The molecule has 2 fully saturated rings. The highest BCUT2D eigenvalue weighted by molar-refractivity contribution is 5.99. The first-order valence-electron chi connectivity index (χ1n) is 11.0. The Hall–Kier alpha value is -3.55. The van der Waals surface area contributed by atoms with Crippen LogP contribution in [0.2, 0.25) is 0 Å². The maximum Gasteiger partial charge on any atom is 0.250 e. The lowest BCUT2D eigenvalue weighted by atomic mass is 9.95. The first-order chi connectivity index (χ1) is 15.9. The molecule has 0 radical (unpaired) electrons. The molecule has 6 nitrogen and oxygen atoms in total. The van der Waals surface area contributed by atoms with Gasteiger partial charge in [-0.15, -0.1) is 0 Å². The predicted molar refractivity (Wildman–Crippen MR) is 119 cm³/mol. The summed E-state index contributed by atoms with van der Waals surface area (Å²) >= 11 is 0. The van der Waals surface area contributed by atoms with Crippen LogP contribution in [0.3, 0.4) is 0 Å². The number of fused-ring (bicyclic) bond motifs is 1. The van der Waals surface area contributed by atoms with Gasteiger partial charge in [0.1, 0.15) is 23.6 Å². The molecule has 1 amide bonds. The van der Waals surface area contributed by atoms with Crippen molar-refractivity contribution in [1.82, 2.24) is 19.7 Å². The predicted octanol–water partition coefficient (Wildman–Crippen LogP) is 4.77. The molecule has 170 valence electrons. The Morgan fingerprint density at radius 3 is 2.67 bits per heavy atom. The van der Waals surface area contributed by atoms with E-state index in [-0.39, 0.29) is 18.0 Å². The standard InChI is InChI=1S/C25H24F2N4O2/c1-15-28-14-30(29-15)23-9-3-16(12-24(23)33-2)11-18-4-6-19-7-10-22(31(19)25(18)32)17-5-8-20(26)21(27)13-17/h3,5,8-9,11-14,19,22H,4,6-7,10H2,1-2H3/b18-11+/t19-,22-/m0/s1. The lowest BCUT2D eigenvalue weighted by molar-refractivity contribution is -0.131. The summed E-state index contributed by atoms with van der Waals surface area (Å²) in [6, 6.07) is 9.47. The number of methoxy groups -OCH3 is 1. The van der Waals surface area contributed by atoms with E-state index in [9.17, 15) is 13.6 Å². The normalized spacial score (nSPS) is 21.5. The van der Waals surface area contributed by atoms with Crippen LogP contribution >= 0.6 is 0 Å². The Labute approximate surface area is 190 Å². The van der Waals surface area contributed by atoms with Gasteiger partial charge in [0.2, 0.25) is 0 Å². The number of piperidine rings is 1. The molecule has 2 atom stereocenters. The molecule has 0 spiro atoms. The largest absolute Gasteiger partial charge is 0.494 e. The molecule has 0 saturated carbocycles. The van der Waals surface area contributed by atoms with Gasteiger partial charge in [0.15, 0.2) is 11.6 Å². The molecule has 2 aliphatic rings. The van der Waals surface area contributed by atoms with Gasteiger partial charge in [-0.1, -0.05) is 12.1 Å². The average Bonchev–Trinajstić information content (AvgIpc) is 3.44. The summed E-state index contributed by atoms with van der Waals surface area (Å²) in [6.07, 6.45) is 6.65. The highest BCUT2D eigenvalue weighted by atomic mass is 19.2. The minimum absolute atomic E-state index is 0.0478. The van der Waals surface area contributed by atoms with Crippen molar-refractivity contribution in [2.75, 3.05) is 7.11 Å². The van der Waals surface area contributed by atoms with E-state index in [1.807, 2.05) is 36.1 Å². The lowest BCUT2D eigenvalue weighted by Crippen LogP contribution is -2.41. The molecule has 2 aromatic carbocycles. The molecule has 2 aliphatic heterocycles. The Morgan fingerprint density at radius 1 is 1.09 bits per heavy atom. The van der Waals surface area contributed by atoms with Gasteiger partial charge in [-0.3, -0.25) is 4.79 Å². The second-order valence-electron chi connectivity index (χ2n) is 8.51. The SMILES string of the molecule is COc1cc(/C=C2\CC[C@H]3CC[C@@H](c4ccc(F)c(F)c4)N3C2=O)ccc1-n1cnc(C)n1. The Morgan fingerprint density at radius 2 is 1.94 bits per heavy atom. The number of amides is 1. The van der Waals surface area contributed by atoms with Crippen molar-refractivity contribution >= 4 is 12.0 Å². The molecule has 5 rings (SSSR count). The van der Waals surface area contributed by atoms with Crippen molar-refractivity contribution in [1.29, 1.82) is 0 Å². The van der Waals surface area contributed by atoms with Crippen LogP contribution < -0.4 is 4.74 Å². The van der Waals surface area contributed by atoms with Gasteiger partial charge in [0.25, 0.3) is 5.91 Å². The third kappa shape index (κ3) is 3.90. The Balaban J connectivity index is 1.43. The first-order valence-corrected chi connectivity index (χ1v) is 11.0. The summed E-state index contributed by atoms with van der Waals surface area (Å²) in [6.45, 7) is 1.82. The highest BCUT2D eigenvalue weighted by Crippen LogP contribution is 2.43.